The molecule has 0 spiro atoms. The SMILES string of the molecule is Cc1nc(CN(C)S(=O)(=O)c2cccc(C#N)c2)n[nH]1. The Labute approximate surface area is 116 Å². The molecule has 0 aliphatic carbocycles. The summed E-state index contributed by atoms with van der Waals surface area (Å²) in [5.74, 6) is 1.02. The summed E-state index contributed by atoms with van der Waals surface area (Å²) in [6.45, 7) is 1.80. The average Bonchev–Trinajstić information content (AvgIpc) is 2.84. The van der Waals surface area contributed by atoms with Crippen LogP contribution in [0.5, 0.6) is 0 Å². The van der Waals surface area contributed by atoms with Gasteiger partial charge in [0.25, 0.3) is 0 Å². The van der Waals surface area contributed by atoms with Crippen molar-refractivity contribution in [2.45, 2.75) is 18.4 Å². The summed E-state index contributed by atoms with van der Waals surface area (Å²) in [6, 6.07) is 7.81. The molecule has 0 fully saturated rings. The van der Waals surface area contributed by atoms with Gasteiger partial charge in [0.15, 0.2) is 5.82 Å². The first-order valence-electron chi connectivity index (χ1n) is 5.78. The number of aryl methyl sites for hydroxylation is 1. The molecule has 1 N–H and O–H groups in total. The van der Waals surface area contributed by atoms with Crippen LogP contribution in [0, 0.1) is 18.3 Å². The number of nitrogens with one attached hydrogen (secondary N) is 1. The molecular formula is C12H13N5O2S. The number of hydrogen-bond donors (Lipinski definition) is 1. The lowest BCUT2D eigenvalue weighted by Gasteiger charge is -2.15. The molecule has 0 atom stereocenters. The van der Waals surface area contributed by atoms with Crippen LogP contribution < -0.4 is 0 Å². The fourth-order valence-electron chi connectivity index (χ4n) is 1.65. The number of hydrogen-bond acceptors (Lipinski definition) is 5. The maximum Gasteiger partial charge on any atom is 0.243 e. The second kappa shape index (κ2) is 5.40. The van der Waals surface area contributed by atoms with Gasteiger partial charge in [0.2, 0.25) is 10.0 Å². The van der Waals surface area contributed by atoms with Crippen LogP contribution in [0.4, 0.5) is 0 Å². The third kappa shape index (κ3) is 2.84. The third-order valence-corrected chi connectivity index (χ3v) is 4.48. The van der Waals surface area contributed by atoms with Crippen LogP contribution in [0.15, 0.2) is 29.2 Å². The highest BCUT2D eigenvalue weighted by molar-refractivity contribution is 7.89. The van der Waals surface area contributed by atoms with Gasteiger partial charge in [0, 0.05) is 7.05 Å². The smallest absolute Gasteiger partial charge is 0.243 e. The largest absolute Gasteiger partial charge is 0.263 e. The van der Waals surface area contributed by atoms with E-state index in [2.05, 4.69) is 15.2 Å². The molecule has 0 bridgehead atoms. The highest BCUT2D eigenvalue weighted by atomic mass is 32.2. The summed E-state index contributed by atoms with van der Waals surface area (Å²) >= 11 is 0. The van der Waals surface area contributed by atoms with Crippen LogP contribution in [0.1, 0.15) is 17.2 Å². The van der Waals surface area contributed by atoms with E-state index in [0.717, 1.165) is 4.31 Å². The quantitative estimate of drug-likeness (QED) is 0.897. The Morgan fingerprint density at radius 3 is 2.80 bits per heavy atom. The molecular weight excluding hydrogens is 278 g/mol. The molecule has 1 aromatic carbocycles. The number of nitrogens with zero attached hydrogens (tertiary/aromatic N) is 4. The molecule has 0 aliphatic heterocycles. The lowest BCUT2D eigenvalue weighted by atomic mass is 10.2. The predicted molar refractivity (Wildman–Crippen MR) is 70.9 cm³/mol. The van der Waals surface area contributed by atoms with Crippen molar-refractivity contribution in [1.29, 1.82) is 5.26 Å². The first-order chi connectivity index (χ1) is 9.43. The number of H-pyrrole nitrogens is 1. The Kier molecular flexibility index (Phi) is 3.83. The van der Waals surface area contributed by atoms with Gasteiger partial charge in [0.1, 0.15) is 5.82 Å². The molecule has 8 heteroatoms. The molecule has 20 heavy (non-hydrogen) atoms. The summed E-state index contributed by atoms with van der Waals surface area (Å²) < 4.78 is 25.9. The predicted octanol–water partition coefficient (Wildman–Crippen LogP) is 0.806. The lowest BCUT2D eigenvalue weighted by molar-refractivity contribution is 0.457. The maximum atomic E-state index is 12.4. The summed E-state index contributed by atoms with van der Waals surface area (Å²) in [4.78, 5) is 4.14. The van der Waals surface area contributed by atoms with Gasteiger partial charge < -0.3 is 0 Å². The van der Waals surface area contributed by atoms with Crippen molar-refractivity contribution in [2.24, 2.45) is 0 Å². The van der Waals surface area contributed by atoms with E-state index in [1.165, 1.54) is 25.2 Å². The van der Waals surface area contributed by atoms with Gasteiger partial charge in [-0.05, 0) is 25.1 Å². The number of aromatic amines is 1. The monoisotopic (exact) mass is 291 g/mol. The van der Waals surface area contributed by atoms with Crippen LogP contribution in [-0.2, 0) is 16.6 Å². The molecule has 0 aliphatic rings. The van der Waals surface area contributed by atoms with E-state index < -0.39 is 10.0 Å². The Morgan fingerprint density at radius 2 is 2.20 bits per heavy atom. The number of aromatic nitrogens is 3. The summed E-state index contributed by atoms with van der Waals surface area (Å²) in [5, 5.41) is 15.4. The van der Waals surface area contributed by atoms with Gasteiger partial charge in [-0.25, -0.2) is 13.4 Å². The van der Waals surface area contributed by atoms with E-state index in [4.69, 9.17) is 5.26 Å². The zero-order valence-electron chi connectivity index (χ0n) is 11.0. The summed E-state index contributed by atoms with van der Waals surface area (Å²) in [6.07, 6.45) is 0. The normalized spacial score (nSPS) is 11.5. The topological polar surface area (TPSA) is 103 Å². The van der Waals surface area contributed by atoms with E-state index in [1.54, 1.807) is 13.0 Å². The van der Waals surface area contributed by atoms with Gasteiger partial charge in [0.05, 0.1) is 23.1 Å². The molecule has 104 valence electrons. The molecule has 0 amide bonds. The van der Waals surface area contributed by atoms with Gasteiger partial charge in [-0.2, -0.15) is 14.7 Å². The molecule has 7 nitrogen and oxygen atoms in total. The fraction of sp³-hybridized carbons (Fsp3) is 0.250. The third-order valence-electron chi connectivity index (χ3n) is 2.68. The lowest BCUT2D eigenvalue weighted by Crippen LogP contribution is -2.27. The van der Waals surface area contributed by atoms with Crippen LogP contribution >= 0.6 is 0 Å². The van der Waals surface area contributed by atoms with Gasteiger partial charge in [-0.15, -0.1) is 0 Å². The molecule has 0 unspecified atom stereocenters. The van der Waals surface area contributed by atoms with E-state index in [1.807, 2.05) is 6.07 Å². The van der Waals surface area contributed by atoms with Crippen LogP contribution in [0.25, 0.3) is 0 Å². The van der Waals surface area contributed by atoms with Crippen molar-refractivity contribution >= 4 is 10.0 Å². The van der Waals surface area contributed by atoms with Crippen molar-refractivity contribution in [2.75, 3.05) is 7.05 Å². The first-order valence-corrected chi connectivity index (χ1v) is 7.22. The van der Waals surface area contributed by atoms with Crippen molar-refractivity contribution < 1.29 is 8.42 Å². The van der Waals surface area contributed by atoms with Crippen molar-refractivity contribution in [3.8, 4) is 6.07 Å². The average molecular weight is 291 g/mol. The molecule has 1 heterocycles. The van der Waals surface area contributed by atoms with Crippen LogP contribution in [0.3, 0.4) is 0 Å². The maximum absolute atomic E-state index is 12.4. The Bertz CT molecular complexity index is 760. The summed E-state index contributed by atoms with van der Waals surface area (Å²) in [5.41, 5.74) is 0.299. The zero-order valence-corrected chi connectivity index (χ0v) is 11.8. The number of sulfonamides is 1. The molecule has 0 saturated heterocycles. The molecule has 2 aromatic rings. The fourth-order valence-corrected chi connectivity index (χ4v) is 2.82. The van der Waals surface area contributed by atoms with Gasteiger partial charge in [-0.3, -0.25) is 5.10 Å². The highest BCUT2D eigenvalue weighted by Crippen LogP contribution is 2.16. The van der Waals surface area contributed by atoms with Crippen LogP contribution in [0.2, 0.25) is 0 Å². The minimum Gasteiger partial charge on any atom is -0.263 e. The Balaban J connectivity index is 2.27. The molecule has 2 rings (SSSR count). The molecule has 0 saturated carbocycles. The minimum absolute atomic E-state index is 0.0590. The van der Waals surface area contributed by atoms with Gasteiger partial charge >= 0.3 is 0 Å². The number of nitriles is 1. The number of benzene rings is 1. The van der Waals surface area contributed by atoms with Gasteiger partial charge in [-0.1, -0.05) is 6.07 Å². The zero-order chi connectivity index (χ0) is 14.8. The van der Waals surface area contributed by atoms with Crippen molar-refractivity contribution in [3.63, 3.8) is 0 Å². The van der Waals surface area contributed by atoms with E-state index in [-0.39, 0.29) is 11.4 Å². The Morgan fingerprint density at radius 1 is 1.45 bits per heavy atom. The second-order valence-corrected chi connectivity index (χ2v) is 6.28. The van der Waals surface area contributed by atoms with Crippen LogP contribution in [-0.4, -0.2) is 35.0 Å². The Hall–Kier alpha value is -2.24. The number of rotatable bonds is 4. The van der Waals surface area contributed by atoms with Crippen molar-refractivity contribution in [1.82, 2.24) is 19.5 Å². The standard InChI is InChI=1S/C12H13N5O2S/c1-9-14-12(16-15-9)8-17(2)20(18,19)11-5-3-4-10(6-11)7-13/h3-6H,8H2,1-2H3,(H,14,15,16). The first kappa shape index (κ1) is 14.2. The molecule has 0 radical (unpaired) electrons. The molecule has 1 aromatic heterocycles. The van der Waals surface area contributed by atoms with Crippen molar-refractivity contribution in [3.05, 3.63) is 41.5 Å². The second-order valence-electron chi connectivity index (χ2n) is 4.24. The minimum atomic E-state index is -3.67. The summed E-state index contributed by atoms with van der Waals surface area (Å²) in [7, 11) is -2.23. The van der Waals surface area contributed by atoms with E-state index in [0.29, 0.717) is 17.2 Å². The van der Waals surface area contributed by atoms with E-state index in [9.17, 15) is 8.42 Å². The van der Waals surface area contributed by atoms with E-state index >= 15 is 0 Å². The highest BCUT2D eigenvalue weighted by Gasteiger charge is 2.22.